The molecule has 0 aliphatic carbocycles. The molecular formula is H2CoMgMnNiTi. The van der Waals surface area contributed by atoms with Gasteiger partial charge in [-0.25, -0.2) is 0 Å². The van der Waals surface area contributed by atoms with Crippen molar-refractivity contribution in [2.45, 2.75) is 0 Å². The van der Waals surface area contributed by atoms with E-state index in [1.165, 1.54) is 0 Å². The van der Waals surface area contributed by atoms with Crippen molar-refractivity contribution < 1.29 is 74.9 Å². The summed E-state index contributed by atoms with van der Waals surface area (Å²) < 4.78 is 0. The quantitative estimate of drug-likeness (QED) is 0.521. The van der Waals surface area contributed by atoms with Gasteiger partial charge >= 0.3 is 23.1 Å². The predicted octanol–water partition coefficient (Wildman–Crippen LogP) is -0.166. The second-order valence-electron chi connectivity index (χ2n) is 0. The second kappa shape index (κ2) is 28.0. The maximum Gasteiger partial charge on any atom is 2.00 e. The van der Waals surface area contributed by atoms with Crippen LogP contribution in [-0.2, 0) is 72.1 Å². The Morgan fingerprint density at radius 1 is 1.20 bits per heavy atom. The Labute approximate surface area is 96.6 Å². The van der Waals surface area contributed by atoms with Crippen LogP contribution in [0.1, 0.15) is 2.85 Å². The minimum atomic E-state index is 0. The van der Waals surface area contributed by atoms with Gasteiger partial charge in [-0.3, -0.25) is 0 Å². The largest absolute Gasteiger partial charge is 2.00 e. The molecule has 0 heterocycles. The van der Waals surface area contributed by atoms with Crippen LogP contribution in [0.25, 0.3) is 0 Å². The van der Waals surface area contributed by atoms with Crippen molar-refractivity contribution in [2.24, 2.45) is 0 Å². The molecule has 0 amide bonds. The summed E-state index contributed by atoms with van der Waals surface area (Å²) in [6.07, 6.45) is 0. The predicted molar refractivity (Wildman–Crippen MR) is 7.98 cm³/mol. The van der Waals surface area contributed by atoms with Gasteiger partial charge in [0.1, 0.15) is 0 Å². The summed E-state index contributed by atoms with van der Waals surface area (Å²) >= 11 is 0. The van der Waals surface area contributed by atoms with Crippen molar-refractivity contribution in [3.05, 3.63) is 0 Å². The van der Waals surface area contributed by atoms with Gasteiger partial charge in [0.15, 0.2) is 0 Å². The van der Waals surface area contributed by atoms with Crippen LogP contribution in [-0.4, -0.2) is 23.1 Å². The fourth-order valence-corrected chi connectivity index (χ4v) is 0. The zero-order valence-corrected chi connectivity index (χ0v) is 8.42. The summed E-state index contributed by atoms with van der Waals surface area (Å²) in [6, 6.07) is 0. The van der Waals surface area contributed by atoms with Crippen LogP contribution in [0.2, 0.25) is 0 Å². The van der Waals surface area contributed by atoms with E-state index >= 15 is 0 Å². The van der Waals surface area contributed by atoms with Crippen LogP contribution in [0.15, 0.2) is 0 Å². The molecule has 0 atom stereocenters. The van der Waals surface area contributed by atoms with Crippen LogP contribution in [0.4, 0.5) is 0 Å². The van der Waals surface area contributed by atoms with Crippen LogP contribution >= 0.6 is 0 Å². The van der Waals surface area contributed by atoms with Crippen LogP contribution in [0, 0.1) is 0 Å². The standard InChI is InChI=1S/Co.Mg.Mn.Ni.Ti.2H/q;+2;;;;2*-1. The molecular weight excluding hydrogens is 245 g/mol. The molecule has 0 fully saturated rings. The van der Waals surface area contributed by atoms with Crippen LogP contribution in [0.3, 0.4) is 0 Å². The third-order valence-corrected chi connectivity index (χ3v) is 0. The molecule has 0 unspecified atom stereocenters. The number of rotatable bonds is 0. The minimum absolute atomic E-state index is 0. The Hall–Kier alpha value is 3.00. The summed E-state index contributed by atoms with van der Waals surface area (Å²) in [7, 11) is 0. The molecule has 34 valence electrons. The van der Waals surface area contributed by atoms with Crippen molar-refractivity contribution in [2.75, 3.05) is 0 Å². The molecule has 0 rings (SSSR count). The normalized spacial score (nSPS) is 0. The van der Waals surface area contributed by atoms with E-state index in [0.717, 1.165) is 0 Å². The van der Waals surface area contributed by atoms with E-state index < -0.39 is 0 Å². The molecule has 0 aromatic rings. The summed E-state index contributed by atoms with van der Waals surface area (Å²) in [6.45, 7) is 0. The first-order valence-corrected chi connectivity index (χ1v) is 0. The molecule has 0 bridgehead atoms. The summed E-state index contributed by atoms with van der Waals surface area (Å²) in [5, 5.41) is 0. The molecule has 0 aromatic carbocycles. The van der Waals surface area contributed by atoms with E-state index in [1.807, 2.05) is 0 Å². The van der Waals surface area contributed by atoms with Gasteiger partial charge in [0.25, 0.3) is 0 Å². The summed E-state index contributed by atoms with van der Waals surface area (Å²) in [4.78, 5) is 0. The van der Waals surface area contributed by atoms with Crippen molar-refractivity contribution in [1.29, 1.82) is 0 Å². The summed E-state index contributed by atoms with van der Waals surface area (Å²) in [5.74, 6) is 0. The van der Waals surface area contributed by atoms with Gasteiger partial charge in [-0.15, -0.1) is 0 Å². The molecule has 0 aliphatic rings. The first-order valence-electron chi connectivity index (χ1n) is 0. The van der Waals surface area contributed by atoms with Gasteiger partial charge in [-0.1, -0.05) is 0 Å². The molecule has 0 N–H and O–H groups in total. The van der Waals surface area contributed by atoms with Gasteiger partial charge in [0.05, 0.1) is 0 Å². The molecule has 0 spiro atoms. The third kappa shape index (κ3) is 19.4. The van der Waals surface area contributed by atoms with E-state index in [9.17, 15) is 0 Å². The minimum Gasteiger partial charge on any atom is -1.00 e. The Bertz CT molecular complexity index is 17.7. The molecule has 0 nitrogen and oxygen atoms in total. The zero-order chi connectivity index (χ0) is 0. The maximum atomic E-state index is 0. The van der Waals surface area contributed by atoms with Crippen LogP contribution in [0.5, 0.6) is 0 Å². The van der Waals surface area contributed by atoms with Gasteiger partial charge in [0.2, 0.25) is 0 Å². The van der Waals surface area contributed by atoms with Crippen molar-refractivity contribution >= 4 is 23.1 Å². The fourth-order valence-electron chi connectivity index (χ4n) is 0. The monoisotopic (exact) mass is 246 g/mol. The average Bonchev–Trinajstić information content (AvgIpc) is 0. The smallest absolute Gasteiger partial charge is 1.00 e. The van der Waals surface area contributed by atoms with Crippen LogP contribution < -0.4 is 0 Å². The molecule has 5 heteroatoms. The topological polar surface area (TPSA) is 0 Å². The zero-order valence-electron chi connectivity index (χ0n) is 4.23. The molecule has 0 saturated heterocycles. The van der Waals surface area contributed by atoms with Gasteiger partial charge in [-0.05, 0) is 0 Å². The Morgan fingerprint density at radius 3 is 1.20 bits per heavy atom. The molecule has 0 aromatic heterocycles. The van der Waals surface area contributed by atoms with Crippen molar-refractivity contribution in [3.63, 3.8) is 0 Å². The summed E-state index contributed by atoms with van der Waals surface area (Å²) in [5.41, 5.74) is 0. The Morgan fingerprint density at radius 2 is 1.20 bits per heavy atom. The van der Waals surface area contributed by atoms with E-state index in [1.54, 1.807) is 0 Å². The maximum absolute atomic E-state index is 0. The Balaban J connectivity index is 0. The molecule has 0 aliphatic heterocycles. The Kier molecular flexibility index (Phi) is 244. The SMILES string of the molecule is [Co].[H-].[H-].[Mg+2].[Mn].[Ni].[Ti]. The molecule has 0 saturated carbocycles. The van der Waals surface area contributed by atoms with Crippen molar-refractivity contribution in [3.8, 4) is 0 Å². The fraction of sp³-hybridized carbons (Fsp3) is 0. The van der Waals surface area contributed by atoms with E-state index in [-0.39, 0.29) is 98.0 Å². The van der Waals surface area contributed by atoms with Gasteiger partial charge < -0.3 is 2.85 Å². The molecule has 2 radical (unpaired) electrons. The van der Waals surface area contributed by atoms with E-state index in [4.69, 9.17) is 0 Å². The van der Waals surface area contributed by atoms with E-state index in [0.29, 0.717) is 0 Å². The van der Waals surface area contributed by atoms with E-state index in [2.05, 4.69) is 0 Å². The second-order valence-corrected chi connectivity index (χ2v) is 0. The molecule has 5 heavy (non-hydrogen) atoms. The first kappa shape index (κ1) is 43.6. The van der Waals surface area contributed by atoms with Gasteiger partial charge in [0, 0.05) is 72.1 Å². The van der Waals surface area contributed by atoms with Gasteiger partial charge in [-0.2, -0.15) is 0 Å². The third-order valence-electron chi connectivity index (χ3n) is 0. The number of hydrogen-bond acceptors (Lipinski definition) is 0. The van der Waals surface area contributed by atoms with Crippen molar-refractivity contribution in [1.82, 2.24) is 0 Å². The average molecular weight is 247 g/mol. The first-order chi connectivity index (χ1) is 0. The number of hydrogen-bond donors (Lipinski definition) is 0.